The fraction of sp³-hybridized carbons (Fsp3) is 0.818. The van der Waals surface area contributed by atoms with E-state index in [1.165, 1.54) is 4.90 Å². The zero-order valence-corrected chi connectivity index (χ0v) is 9.79. The Hall–Kier alpha value is -1.06. The summed E-state index contributed by atoms with van der Waals surface area (Å²) in [4.78, 5) is 24.1. The van der Waals surface area contributed by atoms with Crippen LogP contribution < -0.4 is 0 Å². The van der Waals surface area contributed by atoms with Crippen LogP contribution in [0.1, 0.15) is 40.5 Å². The number of amides is 1. The molecule has 1 saturated heterocycles. The van der Waals surface area contributed by atoms with Crippen molar-refractivity contribution in [1.82, 2.24) is 4.90 Å². The lowest BCUT2D eigenvalue weighted by molar-refractivity contribution is 0.0186. The molecule has 4 nitrogen and oxygen atoms in total. The normalized spacial score (nSPS) is 26.5. The van der Waals surface area contributed by atoms with Gasteiger partial charge in [0.25, 0.3) is 0 Å². The molecule has 85 valence electrons. The van der Waals surface area contributed by atoms with Crippen LogP contribution in [0.2, 0.25) is 0 Å². The van der Waals surface area contributed by atoms with Crippen LogP contribution >= 0.6 is 0 Å². The van der Waals surface area contributed by atoms with Crippen molar-refractivity contribution in [3.05, 3.63) is 0 Å². The molecule has 0 aliphatic carbocycles. The molecular formula is C11H18NO3. The molecule has 1 amide bonds. The molecule has 1 atom stereocenters. The summed E-state index contributed by atoms with van der Waals surface area (Å²) in [5.41, 5.74) is -1.33. The van der Waals surface area contributed by atoms with Gasteiger partial charge in [0.05, 0.1) is 0 Å². The third kappa shape index (κ3) is 2.70. The molecule has 0 bridgehead atoms. The van der Waals surface area contributed by atoms with Crippen LogP contribution in [0.25, 0.3) is 0 Å². The average Bonchev–Trinajstić information content (AvgIpc) is 2.45. The molecule has 0 saturated carbocycles. The van der Waals surface area contributed by atoms with Crippen molar-refractivity contribution in [2.75, 3.05) is 6.54 Å². The Bertz CT molecular complexity index is 269. The van der Waals surface area contributed by atoms with E-state index in [-0.39, 0.29) is 0 Å². The average molecular weight is 212 g/mol. The van der Waals surface area contributed by atoms with Gasteiger partial charge in [-0.25, -0.2) is 4.79 Å². The summed E-state index contributed by atoms with van der Waals surface area (Å²) in [5.74, 6) is 0. The fourth-order valence-corrected chi connectivity index (χ4v) is 1.68. The van der Waals surface area contributed by atoms with E-state index in [1.807, 2.05) is 27.1 Å². The van der Waals surface area contributed by atoms with Crippen molar-refractivity contribution >= 4 is 12.4 Å². The lowest BCUT2D eigenvalue weighted by atomic mass is 10.0. The fourth-order valence-electron chi connectivity index (χ4n) is 1.68. The molecule has 0 aromatic heterocycles. The minimum atomic E-state index is -0.803. The number of hydrogen-bond donors (Lipinski definition) is 0. The van der Waals surface area contributed by atoms with Crippen molar-refractivity contribution in [2.45, 2.75) is 51.7 Å². The van der Waals surface area contributed by atoms with Gasteiger partial charge in [-0.3, -0.25) is 9.69 Å². The summed E-state index contributed by atoms with van der Waals surface area (Å²) >= 11 is 0. The van der Waals surface area contributed by atoms with Gasteiger partial charge in [0, 0.05) is 6.54 Å². The highest BCUT2D eigenvalue weighted by Crippen LogP contribution is 2.28. The van der Waals surface area contributed by atoms with E-state index in [0.29, 0.717) is 13.0 Å². The van der Waals surface area contributed by atoms with Gasteiger partial charge < -0.3 is 4.74 Å². The Kier molecular flexibility index (Phi) is 3.07. The summed E-state index contributed by atoms with van der Waals surface area (Å²) in [6, 6.07) is 0. The first-order valence-corrected chi connectivity index (χ1v) is 5.18. The molecule has 15 heavy (non-hydrogen) atoms. The highest BCUT2D eigenvalue weighted by Gasteiger charge is 2.42. The Labute approximate surface area is 90.6 Å². The second-order valence-corrected chi connectivity index (χ2v) is 5.11. The lowest BCUT2D eigenvalue weighted by Crippen LogP contribution is -2.48. The molecule has 0 aromatic rings. The van der Waals surface area contributed by atoms with Crippen LogP contribution in [0.3, 0.4) is 0 Å². The number of hydrogen-bond acceptors (Lipinski definition) is 3. The van der Waals surface area contributed by atoms with Crippen molar-refractivity contribution in [3.8, 4) is 0 Å². The second kappa shape index (κ2) is 3.83. The zero-order valence-electron chi connectivity index (χ0n) is 9.79. The Morgan fingerprint density at radius 1 is 1.47 bits per heavy atom. The van der Waals surface area contributed by atoms with Crippen LogP contribution in [0.4, 0.5) is 4.79 Å². The second-order valence-electron chi connectivity index (χ2n) is 5.11. The van der Waals surface area contributed by atoms with Gasteiger partial charge >= 0.3 is 6.09 Å². The largest absolute Gasteiger partial charge is 0.444 e. The van der Waals surface area contributed by atoms with E-state index in [9.17, 15) is 9.59 Å². The number of nitrogens with zero attached hydrogens (tertiary/aromatic N) is 1. The van der Waals surface area contributed by atoms with Crippen LogP contribution in [0.15, 0.2) is 0 Å². The molecule has 1 fully saturated rings. The molecule has 4 heteroatoms. The third-order valence-corrected chi connectivity index (χ3v) is 2.47. The molecule has 0 unspecified atom stereocenters. The molecule has 1 heterocycles. The van der Waals surface area contributed by atoms with Gasteiger partial charge in [0.15, 0.2) is 0 Å². The van der Waals surface area contributed by atoms with E-state index < -0.39 is 17.2 Å². The first-order valence-electron chi connectivity index (χ1n) is 5.18. The molecule has 0 spiro atoms. The highest BCUT2D eigenvalue weighted by atomic mass is 16.6. The number of carbonyl (C=O) groups excluding carboxylic acids is 2. The molecule has 0 N–H and O–H groups in total. The van der Waals surface area contributed by atoms with Crippen LogP contribution in [-0.4, -0.2) is 35.0 Å². The predicted octanol–water partition coefficient (Wildman–Crippen LogP) is 1.89. The van der Waals surface area contributed by atoms with E-state index >= 15 is 0 Å². The molecular weight excluding hydrogens is 194 g/mol. The topological polar surface area (TPSA) is 46.6 Å². The summed E-state index contributed by atoms with van der Waals surface area (Å²) < 4.78 is 5.23. The molecule has 1 rings (SSSR count). The summed E-state index contributed by atoms with van der Waals surface area (Å²) in [5, 5.41) is 0. The maximum absolute atomic E-state index is 11.8. The quantitative estimate of drug-likeness (QED) is 0.666. The van der Waals surface area contributed by atoms with Crippen LogP contribution in [0.5, 0.6) is 0 Å². The van der Waals surface area contributed by atoms with Crippen molar-refractivity contribution < 1.29 is 14.3 Å². The van der Waals surface area contributed by atoms with Gasteiger partial charge in [-0.2, -0.15) is 0 Å². The standard InChI is InChI=1S/C11H18NO3/c1-10(2,3)15-9(14)12-7-5-6-11(12,4)8-13/h5-7H2,1-4H3/t11-/m0/s1. The van der Waals surface area contributed by atoms with E-state index in [4.69, 9.17) is 4.74 Å². The van der Waals surface area contributed by atoms with Gasteiger partial charge in [0.1, 0.15) is 11.1 Å². The van der Waals surface area contributed by atoms with Crippen molar-refractivity contribution in [2.24, 2.45) is 0 Å². The minimum absolute atomic E-state index is 0.425. The first kappa shape index (κ1) is 12.0. The predicted molar refractivity (Wildman–Crippen MR) is 56.3 cm³/mol. The van der Waals surface area contributed by atoms with Crippen molar-refractivity contribution in [3.63, 3.8) is 0 Å². The Morgan fingerprint density at radius 2 is 2.07 bits per heavy atom. The molecule has 0 aromatic carbocycles. The SMILES string of the molecule is CC(C)(C)OC(=O)N1CCC[C@@]1(C)[C]=O. The van der Waals surface area contributed by atoms with Crippen LogP contribution in [0, 0.1) is 0 Å². The van der Waals surface area contributed by atoms with E-state index in [1.54, 1.807) is 6.92 Å². The van der Waals surface area contributed by atoms with Crippen molar-refractivity contribution in [1.29, 1.82) is 0 Å². The summed E-state index contributed by atoms with van der Waals surface area (Å²) in [6.07, 6.45) is 2.99. The van der Waals surface area contributed by atoms with E-state index in [0.717, 1.165) is 6.42 Å². The Morgan fingerprint density at radius 3 is 2.53 bits per heavy atom. The smallest absolute Gasteiger partial charge is 0.411 e. The van der Waals surface area contributed by atoms with Gasteiger partial charge in [-0.15, -0.1) is 0 Å². The third-order valence-electron chi connectivity index (χ3n) is 2.47. The lowest BCUT2D eigenvalue weighted by Gasteiger charge is -2.31. The van der Waals surface area contributed by atoms with E-state index in [2.05, 4.69) is 0 Å². The maximum Gasteiger partial charge on any atom is 0.411 e. The zero-order chi connectivity index (χ0) is 11.7. The summed E-state index contributed by atoms with van der Waals surface area (Å²) in [6.45, 7) is 7.71. The monoisotopic (exact) mass is 212 g/mol. The summed E-state index contributed by atoms with van der Waals surface area (Å²) in [7, 11) is 0. The number of rotatable bonds is 1. The molecule has 1 radical (unpaired) electrons. The maximum atomic E-state index is 11.8. The molecule has 1 aliphatic heterocycles. The van der Waals surface area contributed by atoms with Crippen LogP contribution in [-0.2, 0) is 9.53 Å². The Balaban J connectivity index is 2.72. The van der Waals surface area contributed by atoms with Gasteiger partial charge in [-0.1, -0.05) is 0 Å². The van der Waals surface area contributed by atoms with Gasteiger partial charge in [-0.05, 0) is 40.5 Å². The number of likely N-dealkylation sites (tertiary alicyclic amines) is 1. The highest BCUT2D eigenvalue weighted by molar-refractivity contribution is 5.77. The minimum Gasteiger partial charge on any atom is -0.444 e. The number of carbonyl (C=O) groups is 1. The molecule has 1 aliphatic rings. The number of ether oxygens (including phenoxy) is 1. The first-order chi connectivity index (χ1) is 6.78. The van der Waals surface area contributed by atoms with Gasteiger partial charge in [0.2, 0.25) is 6.29 Å².